The summed E-state index contributed by atoms with van der Waals surface area (Å²) in [7, 11) is 1.86. The molecule has 5 atom stereocenters. The monoisotopic (exact) mass is 526 g/mol. The SMILES string of the molecule is COc1cc(OC(C)=O)c2c3c1O[C@H]1[C@H](N(C)S(=O)(=O)Cc4ccccc4)CC[C@H]4[C@@H](C2)N(C)CC[C@@]341. The maximum Gasteiger partial charge on any atom is 0.308 e. The van der Waals surface area contributed by atoms with Gasteiger partial charge in [-0.2, -0.15) is 4.31 Å². The molecule has 8 nitrogen and oxygen atoms in total. The maximum absolute atomic E-state index is 13.6. The minimum atomic E-state index is -3.59. The predicted octanol–water partition coefficient (Wildman–Crippen LogP) is 3.12. The lowest BCUT2D eigenvalue weighted by Crippen LogP contribution is -2.68. The average molecular weight is 527 g/mol. The van der Waals surface area contributed by atoms with Crippen LogP contribution in [0.2, 0.25) is 0 Å². The largest absolute Gasteiger partial charge is 0.493 e. The van der Waals surface area contributed by atoms with Gasteiger partial charge in [-0.3, -0.25) is 4.79 Å². The second-order valence-corrected chi connectivity index (χ2v) is 13.0. The average Bonchev–Trinajstić information content (AvgIpc) is 3.21. The first-order chi connectivity index (χ1) is 17.7. The van der Waals surface area contributed by atoms with E-state index in [1.165, 1.54) is 6.92 Å². The highest BCUT2D eigenvalue weighted by Gasteiger charge is 2.67. The van der Waals surface area contributed by atoms with Crippen LogP contribution in [0, 0.1) is 5.92 Å². The molecule has 1 saturated carbocycles. The first kappa shape index (κ1) is 24.7. The van der Waals surface area contributed by atoms with Crippen molar-refractivity contribution in [2.24, 2.45) is 5.92 Å². The summed E-state index contributed by atoms with van der Waals surface area (Å²) in [6, 6.07) is 11.0. The van der Waals surface area contributed by atoms with Gasteiger partial charge in [-0.15, -0.1) is 0 Å². The van der Waals surface area contributed by atoms with Crippen LogP contribution in [0.1, 0.15) is 42.9 Å². The molecule has 2 aromatic carbocycles. The molecule has 4 aliphatic rings. The minimum Gasteiger partial charge on any atom is -0.493 e. The Bertz CT molecular complexity index is 1350. The van der Waals surface area contributed by atoms with Crippen LogP contribution in [0.3, 0.4) is 0 Å². The Balaban J connectivity index is 1.46. The molecule has 2 fully saturated rings. The van der Waals surface area contributed by atoms with E-state index < -0.39 is 10.0 Å². The van der Waals surface area contributed by atoms with Crippen molar-refractivity contribution in [2.75, 3.05) is 27.7 Å². The van der Waals surface area contributed by atoms with E-state index in [9.17, 15) is 13.2 Å². The fourth-order valence-electron chi connectivity index (χ4n) is 7.61. The summed E-state index contributed by atoms with van der Waals surface area (Å²) in [4.78, 5) is 14.4. The minimum absolute atomic E-state index is 0.0481. The van der Waals surface area contributed by atoms with E-state index in [4.69, 9.17) is 14.2 Å². The van der Waals surface area contributed by atoms with Gasteiger partial charge < -0.3 is 19.1 Å². The van der Waals surface area contributed by atoms with E-state index in [1.807, 2.05) is 30.3 Å². The number of carbonyl (C=O) groups excluding carboxylic acids is 1. The number of ether oxygens (including phenoxy) is 3. The molecule has 1 saturated heterocycles. The third-order valence-corrected chi connectivity index (χ3v) is 11.1. The lowest BCUT2D eigenvalue weighted by atomic mass is 9.51. The van der Waals surface area contributed by atoms with Crippen LogP contribution in [-0.4, -0.2) is 69.5 Å². The molecule has 2 aromatic rings. The standard InChI is InChI=1S/C28H34N2O6S/c1-17(31)35-23-15-24(34-4)26-25-19(23)14-22-20-10-11-21(27(36-26)28(20,25)12-13-29(22)2)30(3)37(32,33)16-18-8-6-5-7-9-18/h5-9,15,20-22,27H,10-14,16H2,1-4H3/t20-,21+,22+,27-,28-/m0/s1. The van der Waals surface area contributed by atoms with E-state index in [-0.39, 0.29) is 35.3 Å². The predicted molar refractivity (Wildman–Crippen MR) is 138 cm³/mol. The maximum atomic E-state index is 13.6. The molecule has 0 radical (unpaired) electrons. The second kappa shape index (κ2) is 8.71. The summed E-state index contributed by atoms with van der Waals surface area (Å²) in [5.41, 5.74) is 2.48. The summed E-state index contributed by atoms with van der Waals surface area (Å²) in [5.74, 6) is 1.64. The van der Waals surface area contributed by atoms with E-state index in [0.29, 0.717) is 23.2 Å². The molecule has 2 aliphatic carbocycles. The first-order valence-corrected chi connectivity index (χ1v) is 14.6. The van der Waals surface area contributed by atoms with Crippen LogP contribution < -0.4 is 14.2 Å². The number of esters is 1. The molecule has 1 spiro atoms. The zero-order valence-electron chi connectivity index (χ0n) is 21.8. The van der Waals surface area contributed by atoms with Gasteiger partial charge in [0.2, 0.25) is 10.0 Å². The topological polar surface area (TPSA) is 85.4 Å². The Labute approximate surface area is 218 Å². The number of piperidine rings is 1. The highest BCUT2D eigenvalue weighted by Crippen LogP contribution is 2.65. The molecule has 0 N–H and O–H groups in total. The van der Waals surface area contributed by atoms with Crippen LogP contribution in [-0.2, 0) is 32.4 Å². The van der Waals surface area contributed by atoms with Crippen LogP contribution in [0.4, 0.5) is 0 Å². The molecule has 2 heterocycles. The number of sulfonamides is 1. The van der Waals surface area contributed by atoms with Crippen LogP contribution in [0.25, 0.3) is 0 Å². The number of likely N-dealkylation sites (N-methyl/N-ethyl adjacent to an activating group) is 2. The van der Waals surface area contributed by atoms with Crippen molar-refractivity contribution < 1.29 is 27.4 Å². The van der Waals surface area contributed by atoms with Gasteiger partial charge in [0.05, 0.1) is 18.9 Å². The molecule has 198 valence electrons. The van der Waals surface area contributed by atoms with Crippen molar-refractivity contribution >= 4 is 16.0 Å². The van der Waals surface area contributed by atoms with Crippen molar-refractivity contribution in [3.8, 4) is 17.2 Å². The number of hydrogen-bond acceptors (Lipinski definition) is 7. The first-order valence-electron chi connectivity index (χ1n) is 13.0. The van der Waals surface area contributed by atoms with Crippen molar-refractivity contribution in [1.82, 2.24) is 9.21 Å². The van der Waals surface area contributed by atoms with E-state index in [0.717, 1.165) is 48.9 Å². The second-order valence-electron chi connectivity index (χ2n) is 10.9. The number of hydrogen-bond donors (Lipinski definition) is 0. The van der Waals surface area contributed by atoms with Crippen LogP contribution in [0.5, 0.6) is 17.2 Å². The third kappa shape index (κ3) is 3.61. The number of benzene rings is 2. The summed E-state index contributed by atoms with van der Waals surface area (Å²) >= 11 is 0. The molecular weight excluding hydrogens is 492 g/mol. The number of likely N-dealkylation sites (tertiary alicyclic amines) is 1. The Morgan fingerprint density at radius 2 is 1.97 bits per heavy atom. The zero-order chi connectivity index (χ0) is 26.1. The van der Waals surface area contributed by atoms with Gasteiger partial charge in [-0.05, 0) is 50.8 Å². The Morgan fingerprint density at radius 3 is 2.68 bits per heavy atom. The van der Waals surface area contributed by atoms with E-state index in [1.54, 1.807) is 24.5 Å². The molecule has 2 aliphatic heterocycles. The summed E-state index contributed by atoms with van der Waals surface area (Å²) < 4.78 is 47.0. The zero-order valence-corrected chi connectivity index (χ0v) is 22.6. The molecule has 0 unspecified atom stereocenters. The molecule has 0 amide bonds. The fourth-order valence-corrected chi connectivity index (χ4v) is 9.06. The Hall–Kier alpha value is -2.62. The van der Waals surface area contributed by atoms with Gasteiger partial charge in [-0.25, -0.2) is 8.42 Å². The number of methoxy groups -OCH3 is 1. The normalized spacial score (nSPS) is 30.0. The van der Waals surface area contributed by atoms with Crippen molar-refractivity contribution in [2.45, 2.75) is 62.0 Å². The number of carbonyl (C=O) groups is 1. The quantitative estimate of drug-likeness (QED) is 0.422. The van der Waals surface area contributed by atoms with Gasteiger partial charge in [0.1, 0.15) is 11.9 Å². The smallest absolute Gasteiger partial charge is 0.308 e. The molecule has 2 bridgehead atoms. The van der Waals surface area contributed by atoms with E-state index >= 15 is 0 Å². The van der Waals surface area contributed by atoms with Crippen LogP contribution in [0.15, 0.2) is 36.4 Å². The summed E-state index contributed by atoms with van der Waals surface area (Å²) in [6.07, 6.45) is 2.91. The Morgan fingerprint density at radius 1 is 1.22 bits per heavy atom. The highest BCUT2D eigenvalue weighted by molar-refractivity contribution is 7.88. The van der Waals surface area contributed by atoms with Crippen molar-refractivity contribution in [1.29, 1.82) is 0 Å². The van der Waals surface area contributed by atoms with Crippen molar-refractivity contribution in [3.05, 3.63) is 53.1 Å². The van der Waals surface area contributed by atoms with Gasteiger partial charge in [0.25, 0.3) is 0 Å². The third-order valence-electron chi connectivity index (χ3n) is 9.21. The van der Waals surface area contributed by atoms with Crippen molar-refractivity contribution in [3.63, 3.8) is 0 Å². The van der Waals surface area contributed by atoms with Crippen LogP contribution >= 0.6 is 0 Å². The van der Waals surface area contributed by atoms with Gasteiger partial charge in [0.15, 0.2) is 11.5 Å². The lowest BCUT2D eigenvalue weighted by Gasteiger charge is -2.59. The summed E-state index contributed by atoms with van der Waals surface area (Å²) in [6.45, 7) is 2.30. The fraction of sp³-hybridized carbons (Fsp3) is 0.536. The molecule has 0 aromatic heterocycles. The van der Waals surface area contributed by atoms with Gasteiger partial charge in [0, 0.05) is 42.6 Å². The van der Waals surface area contributed by atoms with E-state index in [2.05, 4.69) is 11.9 Å². The number of rotatable bonds is 6. The van der Waals surface area contributed by atoms with Gasteiger partial charge >= 0.3 is 5.97 Å². The Kier molecular flexibility index (Phi) is 5.82. The number of nitrogens with zero attached hydrogens (tertiary/aromatic N) is 2. The molecule has 6 rings (SSSR count). The highest BCUT2D eigenvalue weighted by atomic mass is 32.2. The molecule has 9 heteroatoms. The molecular formula is C28H34N2O6S. The van der Waals surface area contributed by atoms with Gasteiger partial charge in [-0.1, -0.05) is 30.3 Å². The lowest BCUT2D eigenvalue weighted by molar-refractivity contribution is -0.132. The molecule has 37 heavy (non-hydrogen) atoms. The summed E-state index contributed by atoms with van der Waals surface area (Å²) in [5, 5.41) is 0.